The number of nitrogens with zero attached hydrogens (tertiary/aromatic N) is 3. The molecule has 33 heavy (non-hydrogen) atoms. The second kappa shape index (κ2) is 9.00. The van der Waals surface area contributed by atoms with Gasteiger partial charge in [0.2, 0.25) is 5.91 Å². The molecule has 0 unspecified atom stereocenters. The van der Waals surface area contributed by atoms with Crippen LogP contribution in [0.4, 0.5) is 30.6 Å². The minimum absolute atomic E-state index is 0.0625. The summed E-state index contributed by atoms with van der Waals surface area (Å²) in [5, 5.41) is 5.83. The average molecular weight is 458 g/mol. The second-order valence-corrected chi connectivity index (χ2v) is 7.80. The molecule has 1 saturated carbocycles. The van der Waals surface area contributed by atoms with E-state index in [9.17, 15) is 22.8 Å². The molecule has 0 bridgehead atoms. The van der Waals surface area contributed by atoms with Gasteiger partial charge in [0.05, 0.1) is 11.1 Å². The molecule has 0 atom stereocenters. The Morgan fingerprint density at radius 1 is 1.18 bits per heavy atom. The van der Waals surface area contributed by atoms with E-state index in [-0.39, 0.29) is 34.8 Å². The molecule has 1 aromatic carbocycles. The Balaban J connectivity index is 1.67. The van der Waals surface area contributed by atoms with Gasteiger partial charge < -0.3 is 15.6 Å². The summed E-state index contributed by atoms with van der Waals surface area (Å²) >= 11 is 0. The second-order valence-electron chi connectivity index (χ2n) is 7.80. The van der Waals surface area contributed by atoms with Crippen LogP contribution in [0, 0.1) is 0 Å². The number of rotatable bonds is 4. The molecular formula is C22H21F3N6O2. The first-order valence-electron chi connectivity index (χ1n) is 10.4. The summed E-state index contributed by atoms with van der Waals surface area (Å²) in [4.78, 5) is 39.4. The lowest BCUT2D eigenvalue weighted by Crippen LogP contribution is -2.36. The monoisotopic (exact) mass is 458 g/mol. The molecular weight excluding hydrogens is 437 g/mol. The fourth-order valence-corrected chi connectivity index (χ4v) is 3.77. The third-order valence-electron chi connectivity index (χ3n) is 5.29. The van der Waals surface area contributed by atoms with Gasteiger partial charge in [0.1, 0.15) is 11.2 Å². The van der Waals surface area contributed by atoms with Gasteiger partial charge in [-0.25, -0.2) is 9.98 Å². The zero-order chi connectivity index (χ0) is 23.6. The maximum Gasteiger partial charge on any atom is 0.416 e. The highest BCUT2D eigenvalue weighted by atomic mass is 19.4. The lowest BCUT2D eigenvalue weighted by molar-refractivity contribution is -0.137. The van der Waals surface area contributed by atoms with Crippen molar-refractivity contribution in [1.82, 2.24) is 20.3 Å². The highest BCUT2D eigenvalue weighted by Gasteiger charge is 2.30. The highest BCUT2D eigenvalue weighted by Crippen LogP contribution is 2.32. The normalized spacial score (nSPS) is 16.5. The number of H-pyrrole nitrogens is 1. The van der Waals surface area contributed by atoms with Gasteiger partial charge in [-0.05, 0) is 49.9 Å². The van der Waals surface area contributed by atoms with Crippen LogP contribution in [0.3, 0.4) is 0 Å². The number of aromatic nitrogens is 3. The van der Waals surface area contributed by atoms with Crippen molar-refractivity contribution < 1.29 is 18.0 Å². The quantitative estimate of drug-likeness (QED) is 0.542. The number of benzene rings is 1. The van der Waals surface area contributed by atoms with Crippen LogP contribution in [0.25, 0.3) is 10.9 Å². The van der Waals surface area contributed by atoms with Gasteiger partial charge in [-0.2, -0.15) is 18.2 Å². The number of aliphatic imine (C=N–C) groups is 1. The zero-order valence-corrected chi connectivity index (χ0v) is 17.7. The van der Waals surface area contributed by atoms with Gasteiger partial charge in [0.25, 0.3) is 11.5 Å². The van der Waals surface area contributed by atoms with Crippen LogP contribution in [0.1, 0.15) is 38.2 Å². The van der Waals surface area contributed by atoms with E-state index in [0.717, 1.165) is 30.7 Å². The first kappa shape index (κ1) is 22.4. The number of pyridine rings is 1. The largest absolute Gasteiger partial charge is 0.416 e. The molecule has 3 aromatic rings. The summed E-state index contributed by atoms with van der Waals surface area (Å²) in [7, 11) is 0. The Kier molecular flexibility index (Phi) is 6.12. The van der Waals surface area contributed by atoms with E-state index in [0.29, 0.717) is 18.4 Å². The first-order valence-corrected chi connectivity index (χ1v) is 10.4. The first-order chi connectivity index (χ1) is 15.7. The molecule has 1 fully saturated rings. The fourth-order valence-electron chi connectivity index (χ4n) is 3.77. The van der Waals surface area contributed by atoms with Crippen molar-refractivity contribution >= 4 is 40.0 Å². The maximum absolute atomic E-state index is 13.1. The average Bonchev–Trinajstić information content (AvgIpc) is 2.74. The molecule has 4 rings (SSSR count). The number of anilines is 2. The number of carbonyl (C=O) groups is 1. The molecule has 0 radical (unpaired) electrons. The maximum atomic E-state index is 13.1. The van der Waals surface area contributed by atoms with Crippen molar-refractivity contribution in [2.24, 2.45) is 4.99 Å². The molecule has 2 heterocycles. The van der Waals surface area contributed by atoms with E-state index >= 15 is 0 Å². The predicted octanol–water partition coefficient (Wildman–Crippen LogP) is 4.23. The van der Waals surface area contributed by atoms with Gasteiger partial charge >= 0.3 is 6.18 Å². The number of aromatic amines is 1. The number of amides is 1. The number of hydrogen-bond acceptors (Lipinski definition) is 6. The van der Waals surface area contributed by atoms with E-state index in [4.69, 9.17) is 0 Å². The smallest absolute Gasteiger partial charge is 0.354 e. The van der Waals surface area contributed by atoms with Crippen molar-refractivity contribution in [2.75, 3.05) is 5.32 Å². The number of carbonyl (C=O) groups excluding carboxylic acids is 1. The van der Waals surface area contributed by atoms with Crippen molar-refractivity contribution in [3.63, 3.8) is 0 Å². The van der Waals surface area contributed by atoms with E-state index in [1.165, 1.54) is 25.3 Å². The Hall–Kier alpha value is -3.76. The van der Waals surface area contributed by atoms with Crippen LogP contribution in [-0.2, 0) is 11.0 Å². The van der Waals surface area contributed by atoms with Gasteiger partial charge in [0, 0.05) is 30.6 Å². The fraction of sp³-hybridized carbons (Fsp3) is 0.318. The number of alkyl halides is 3. The molecule has 11 heteroatoms. The Bertz CT molecular complexity index is 1280. The highest BCUT2D eigenvalue weighted by molar-refractivity contribution is 5.92. The number of halogens is 3. The Morgan fingerprint density at radius 3 is 2.64 bits per heavy atom. The summed E-state index contributed by atoms with van der Waals surface area (Å²) in [6.45, 7) is 1.48. The molecule has 3 N–H and O–H groups in total. The number of fused-ring (bicyclic) bond motifs is 1. The third-order valence-corrected chi connectivity index (χ3v) is 5.29. The van der Waals surface area contributed by atoms with Crippen LogP contribution < -0.4 is 16.2 Å². The topological polar surface area (TPSA) is 112 Å². The van der Waals surface area contributed by atoms with Crippen molar-refractivity contribution in [3.05, 3.63) is 52.4 Å². The van der Waals surface area contributed by atoms with Crippen molar-refractivity contribution in [3.8, 4) is 0 Å². The van der Waals surface area contributed by atoms with Crippen molar-refractivity contribution in [1.29, 1.82) is 0 Å². The molecule has 0 spiro atoms. The number of nitrogens with one attached hydrogen (secondary N) is 3. The van der Waals surface area contributed by atoms with Crippen molar-refractivity contribution in [2.45, 2.75) is 44.8 Å². The molecule has 1 aliphatic rings. The molecule has 0 aliphatic heterocycles. The van der Waals surface area contributed by atoms with E-state index in [2.05, 4.69) is 30.6 Å². The molecule has 2 aromatic heterocycles. The third kappa shape index (κ3) is 5.36. The minimum atomic E-state index is -4.50. The molecule has 1 amide bonds. The summed E-state index contributed by atoms with van der Waals surface area (Å²) in [5.74, 6) is 0.0943. The lowest BCUT2D eigenvalue weighted by atomic mass is 9.93. The predicted molar refractivity (Wildman–Crippen MR) is 118 cm³/mol. The summed E-state index contributed by atoms with van der Waals surface area (Å²) < 4.78 is 39.3. The summed E-state index contributed by atoms with van der Waals surface area (Å²) in [6, 6.07) is 6.30. The standard InChI is InChI=1S/C22H21F3N6O2/c1-12(32)27-14-5-7-15(8-6-14)29-21-30-17-9-10-26-20(33)18(17)19(31-21)28-16-4-2-3-13(11-16)22(23,24)25/h2-4,9-11,14H,5-8H2,1H3,(H,26,33)(H,27,32)(H,28,30,31). The van der Waals surface area contributed by atoms with Crippen LogP contribution in [0.15, 0.2) is 46.3 Å². The molecule has 8 nitrogen and oxygen atoms in total. The lowest BCUT2D eigenvalue weighted by Gasteiger charge is -2.23. The van der Waals surface area contributed by atoms with E-state index < -0.39 is 17.3 Å². The summed E-state index contributed by atoms with van der Waals surface area (Å²) in [6.07, 6.45) is -0.296. The van der Waals surface area contributed by atoms with Gasteiger partial charge in [-0.3, -0.25) is 9.59 Å². The molecule has 0 saturated heterocycles. The SMILES string of the molecule is CC(=O)NC1CCC(=Nc2nc(Nc3cccc(C(F)(F)F)c3)c3c(=O)[nH]ccc3n2)CC1. The Morgan fingerprint density at radius 2 is 1.94 bits per heavy atom. The molecule has 1 aliphatic carbocycles. The Labute approximate surface area is 186 Å². The molecule has 172 valence electrons. The van der Waals surface area contributed by atoms with E-state index in [1.54, 1.807) is 6.07 Å². The number of hydrogen-bond donors (Lipinski definition) is 3. The van der Waals surface area contributed by atoms with Crippen LogP contribution >= 0.6 is 0 Å². The zero-order valence-electron chi connectivity index (χ0n) is 17.7. The van der Waals surface area contributed by atoms with Crippen LogP contribution in [-0.4, -0.2) is 32.6 Å². The van der Waals surface area contributed by atoms with Crippen LogP contribution in [0.5, 0.6) is 0 Å². The van der Waals surface area contributed by atoms with Gasteiger partial charge in [-0.15, -0.1) is 0 Å². The summed E-state index contributed by atoms with van der Waals surface area (Å²) in [5.41, 5.74) is -0.00372. The minimum Gasteiger partial charge on any atom is -0.354 e. The van der Waals surface area contributed by atoms with Crippen LogP contribution in [0.2, 0.25) is 0 Å². The van der Waals surface area contributed by atoms with E-state index in [1.807, 2.05) is 0 Å². The van der Waals surface area contributed by atoms with Gasteiger partial charge in [0.15, 0.2) is 0 Å². The van der Waals surface area contributed by atoms with Gasteiger partial charge in [-0.1, -0.05) is 6.07 Å².